The number of benzene rings is 2. The predicted molar refractivity (Wildman–Crippen MR) is 161 cm³/mol. The molecule has 11 nitrogen and oxygen atoms in total. The van der Waals surface area contributed by atoms with Crippen LogP contribution >= 0.6 is 15.9 Å². The summed E-state index contributed by atoms with van der Waals surface area (Å²) in [4.78, 5) is 45.3. The molecule has 0 saturated carbocycles. The van der Waals surface area contributed by atoms with Gasteiger partial charge in [0.2, 0.25) is 5.95 Å². The average Bonchev–Trinajstić information content (AvgIpc) is 3.58. The number of nitrogens with one attached hydrogen (secondary N) is 4. The number of nitrogens with two attached hydrogens (primary N) is 1. The van der Waals surface area contributed by atoms with Crippen LogP contribution in [-0.4, -0.2) is 75.4 Å². The fraction of sp³-hybridized carbons (Fsp3) is 0.357. The summed E-state index contributed by atoms with van der Waals surface area (Å²) in [6.07, 6.45) is 3.48. The highest BCUT2D eigenvalue weighted by atomic mass is 79.9. The van der Waals surface area contributed by atoms with E-state index in [2.05, 4.69) is 69.3 Å². The number of hydrogen-bond acceptors (Lipinski definition) is 7. The van der Waals surface area contributed by atoms with Crippen LogP contribution in [0.5, 0.6) is 0 Å². The first-order valence-electron chi connectivity index (χ1n) is 13.5. The number of nitrogens with zero attached hydrogens (tertiary/aromatic N) is 4. The Bertz CT molecular complexity index is 1510. The molecule has 2 amide bonds. The molecule has 0 radical (unpaired) electrons. The first-order valence-corrected chi connectivity index (χ1v) is 14.2. The number of carbonyl (C=O) groups is 2. The molecule has 3 heterocycles. The fourth-order valence-electron chi connectivity index (χ4n) is 4.96. The number of aromatic amines is 2. The first kappa shape index (κ1) is 27.8. The number of aromatic nitrogens is 4. The third-order valence-corrected chi connectivity index (χ3v) is 7.61. The van der Waals surface area contributed by atoms with E-state index in [0.29, 0.717) is 5.69 Å². The predicted octanol–water partition coefficient (Wildman–Crippen LogP) is 4.11. The van der Waals surface area contributed by atoms with E-state index in [4.69, 9.17) is 5.73 Å². The fourth-order valence-corrected chi connectivity index (χ4v) is 5.32. The molecule has 2 aromatic carbocycles. The molecule has 0 aliphatic carbocycles. The number of halogens is 1. The van der Waals surface area contributed by atoms with Gasteiger partial charge in [-0.2, -0.15) is 0 Å². The lowest BCUT2D eigenvalue weighted by Crippen LogP contribution is -2.49. The molecule has 1 aliphatic rings. The number of aryl methyl sites for hydroxylation is 1. The van der Waals surface area contributed by atoms with Crippen LogP contribution in [0.1, 0.15) is 46.3 Å². The number of fused-ring (bicyclic) bond motifs is 1. The molecule has 5 rings (SSSR count). The van der Waals surface area contributed by atoms with Crippen molar-refractivity contribution in [1.82, 2.24) is 24.8 Å². The maximum absolute atomic E-state index is 13.1. The second-order valence-electron chi connectivity index (χ2n) is 10.1. The normalized spacial score (nSPS) is 14.8. The van der Waals surface area contributed by atoms with Gasteiger partial charge in [0.1, 0.15) is 5.69 Å². The van der Waals surface area contributed by atoms with Crippen molar-refractivity contribution < 1.29 is 9.59 Å². The number of amides is 2. The lowest BCUT2D eigenvalue weighted by molar-refractivity contribution is 0.0985. The van der Waals surface area contributed by atoms with Gasteiger partial charge in [-0.25, -0.2) is 9.97 Å². The standard InChI is InChI=1S/C28H34BrN9O2/c1-3-4-19(30)15-37-9-11-38(12-10-37)20-7-8-21-23(14-20)35-28(34-21)36-27(40)25-24(31-16-32-25)26(39)33-22-13-18(29)6-5-17(22)2/h5-8,13-14,16,19H,3-4,9-12,15,30H2,1-2H3,(H,31,32)(H,33,39)(H2,34,35,36,40). The van der Waals surface area contributed by atoms with E-state index in [0.717, 1.165) is 72.3 Å². The van der Waals surface area contributed by atoms with Gasteiger partial charge in [-0.3, -0.25) is 19.8 Å². The average molecular weight is 609 g/mol. The summed E-state index contributed by atoms with van der Waals surface area (Å²) in [5, 5.41) is 5.57. The van der Waals surface area contributed by atoms with Gasteiger partial charge in [-0.1, -0.05) is 35.3 Å². The van der Waals surface area contributed by atoms with Crippen molar-refractivity contribution in [1.29, 1.82) is 0 Å². The molecule has 1 saturated heterocycles. The third-order valence-electron chi connectivity index (χ3n) is 7.12. The van der Waals surface area contributed by atoms with E-state index in [1.807, 2.05) is 31.2 Å². The largest absolute Gasteiger partial charge is 0.369 e. The Morgan fingerprint density at radius 2 is 1.90 bits per heavy atom. The van der Waals surface area contributed by atoms with E-state index < -0.39 is 11.8 Å². The molecule has 1 unspecified atom stereocenters. The number of H-pyrrole nitrogens is 2. The maximum atomic E-state index is 13.1. The molecule has 12 heteroatoms. The minimum absolute atomic E-state index is 0.00920. The molecule has 1 aliphatic heterocycles. The zero-order valence-corrected chi connectivity index (χ0v) is 24.2. The Kier molecular flexibility index (Phi) is 8.48. The van der Waals surface area contributed by atoms with E-state index in [1.165, 1.54) is 6.33 Å². The summed E-state index contributed by atoms with van der Waals surface area (Å²) in [7, 11) is 0. The zero-order valence-electron chi connectivity index (χ0n) is 22.6. The van der Waals surface area contributed by atoms with Crippen molar-refractivity contribution in [3.8, 4) is 0 Å². The molecule has 6 N–H and O–H groups in total. The van der Waals surface area contributed by atoms with Crippen molar-refractivity contribution in [3.63, 3.8) is 0 Å². The number of hydrogen-bond donors (Lipinski definition) is 5. The molecule has 0 spiro atoms. The summed E-state index contributed by atoms with van der Waals surface area (Å²) in [6, 6.07) is 11.8. The van der Waals surface area contributed by atoms with E-state index in [-0.39, 0.29) is 23.4 Å². The van der Waals surface area contributed by atoms with Crippen LogP contribution < -0.4 is 21.3 Å². The molecule has 1 atom stereocenters. The van der Waals surface area contributed by atoms with Gasteiger partial charge in [-0.05, 0) is 49.2 Å². The van der Waals surface area contributed by atoms with E-state index in [9.17, 15) is 9.59 Å². The Morgan fingerprint density at radius 1 is 1.10 bits per heavy atom. The van der Waals surface area contributed by atoms with Crippen LogP contribution in [0.4, 0.5) is 17.3 Å². The lowest BCUT2D eigenvalue weighted by Gasteiger charge is -2.37. The summed E-state index contributed by atoms with van der Waals surface area (Å²) in [5.41, 5.74) is 10.4. The van der Waals surface area contributed by atoms with Gasteiger partial charge in [0.15, 0.2) is 5.69 Å². The molecule has 210 valence electrons. The monoisotopic (exact) mass is 607 g/mol. The highest BCUT2D eigenvalue weighted by Gasteiger charge is 2.23. The third kappa shape index (κ3) is 6.35. The van der Waals surface area contributed by atoms with Gasteiger partial charge < -0.3 is 25.9 Å². The SMILES string of the molecule is CCCC(N)CN1CCN(c2ccc3nc(NC(=O)c4[nH]cnc4C(=O)Nc4cc(Br)ccc4C)[nH]c3c2)CC1. The second kappa shape index (κ2) is 12.2. The van der Waals surface area contributed by atoms with Crippen LogP contribution in [0, 0.1) is 6.92 Å². The summed E-state index contributed by atoms with van der Waals surface area (Å²) >= 11 is 3.41. The molecule has 40 heavy (non-hydrogen) atoms. The van der Waals surface area contributed by atoms with Gasteiger partial charge in [-0.15, -0.1) is 0 Å². The molecular weight excluding hydrogens is 574 g/mol. The summed E-state index contributed by atoms with van der Waals surface area (Å²) in [6.45, 7) is 8.78. The minimum Gasteiger partial charge on any atom is -0.369 e. The van der Waals surface area contributed by atoms with Gasteiger partial charge >= 0.3 is 0 Å². The maximum Gasteiger partial charge on any atom is 0.276 e. The van der Waals surface area contributed by atoms with Crippen molar-refractivity contribution in [2.45, 2.75) is 32.7 Å². The van der Waals surface area contributed by atoms with Crippen molar-refractivity contribution >= 4 is 56.1 Å². The quantitative estimate of drug-likeness (QED) is 0.192. The number of carbonyl (C=O) groups excluding carboxylic acids is 2. The van der Waals surface area contributed by atoms with Crippen molar-refractivity contribution in [3.05, 3.63) is 64.1 Å². The number of imidazole rings is 2. The van der Waals surface area contributed by atoms with E-state index >= 15 is 0 Å². The second-order valence-corrected chi connectivity index (χ2v) is 11.0. The Balaban J connectivity index is 1.23. The first-order chi connectivity index (χ1) is 19.3. The summed E-state index contributed by atoms with van der Waals surface area (Å²) < 4.78 is 0.829. The Labute approximate surface area is 241 Å². The number of anilines is 3. The molecule has 0 bridgehead atoms. The molecule has 1 fully saturated rings. The highest BCUT2D eigenvalue weighted by molar-refractivity contribution is 9.10. The Hall–Kier alpha value is -3.74. The molecular formula is C28H34BrN9O2. The van der Waals surface area contributed by atoms with Crippen LogP contribution in [0.25, 0.3) is 11.0 Å². The Morgan fingerprint density at radius 3 is 2.67 bits per heavy atom. The van der Waals surface area contributed by atoms with Crippen LogP contribution in [0.2, 0.25) is 0 Å². The lowest BCUT2D eigenvalue weighted by atomic mass is 10.1. The summed E-state index contributed by atoms with van der Waals surface area (Å²) in [5.74, 6) is -0.727. The number of piperazine rings is 1. The van der Waals surface area contributed by atoms with Crippen LogP contribution in [0.3, 0.4) is 0 Å². The topological polar surface area (TPSA) is 148 Å². The number of rotatable bonds is 9. The smallest absolute Gasteiger partial charge is 0.276 e. The van der Waals surface area contributed by atoms with Gasteiger partial charge in [0.25, 0.3) is 11.8 Å². The molecule has 2 aromatic heterocycles. The highest BCUT2D eigenvalue weighted by Crippen LogP contribution is 2.24. The van der Waals surface area contributed by atoms with Crippen molar-refractivity contribution in [2.24, 2.45) is 5.73 Å². The van der Waals surface area contributed by atoms with Crippen LogP contribution in [-0.2, 0) is 0 Å². The van der Waals surface area contributed by atoms with Crippen molar-refractivity contribution in [2.75, 3.05) is 48.3 Å². The van der Waals surface area contributed by atoms with Gasteiger partial charge in [0, 0.05) is 54.6 Å². The molecule has 4 aromatic rings. The van der Waals surface area contributed by atoms with Crippen LogP contribution in [0.15, 0.2) is 47.2 Å². The zero-order chi connectivity index (χ0) is 28.2. The minimum atomic E-state index is -0.523. The van der Waals surface area contributed by atoms with Gasteiger partial charge in [0.05, 0.1) is 17.4 Å². The van der Waals surface area contributed by atoms with E-state index in [1.54, 1.807) is 6.07 Å².